The van der Waals surface area contributed by atoms with Crippen LogP contribution in [0.25, 0.3) is 17.2 Å². The Morgan fingerprint density at radius 1 is 0.890 bits per heavy atom. The van der Waals surface area contributed by atoms with E-state index >= 15 is 0 Å². The topological polar surface area (TPSA) is 171 Å². The maximum Gasteiger partial charge on any atom is 0.339 e. The molecule has 8 aliphatic rings. The first-order valence-corrected chi connectivity index (χ1v) is 26.5. The first kappa shape index (κ1) is 50.6. The second kappa shape index (κ2) is 20.8. The van der Waals surface area contributed by atoms with Gasteiger partial charge in [-0.25, -0.2) is 9.59 Å². The Hall–Kier alpha value is -5.89. The van der Waals surface area contributed by atoms with E-state index in [-0.39, 0.29) is 50.0 Å². The molecule has 3 unspecified atom stereocenters. The highest BCUT2D eigenvalue weighted by Gasteiger charge is 2.55. The number of aliphatic hydroxyl groups is 2. The summed E-state index contributed by atoms with van der Waals surface area (Å²) in [7, 11) is 1.52. The average Bonchev–Trinajstić information content (AvgIpc) is 3.77. The van der Waals surface area contributed by atoms with Crippen LogP contribution in [0.1, 0.15) is 126 Å². The fourth-order valence-electron chi connectivity index (χ4n) is 14.0. The predicted octanol–water partition coefficient (Wildman–Crippen LogP) is 9.75. The number of benzene rings is 3. The van der Waals surface area contributed by atoms with Crippen molar-refractivity contribution in [2.45, 2.75) is 145 Å². The molecule has 3 aromatic carbocycles. The molecule has 0 amide bonds. The summed E-state index contributed by atoms with van der Waals surface area (Å²) in [5.74, 6) is 1.21. The molecule has 3 aliphatic heterocycles. The van der Waals surface area contributed by atoms with Gasteiger partial charge in [0, 0.05) is 36.6 Å². The summed E-state index contributed by atoms with van der Waals surface area (Å²) in [6, 6.07) is 17.6. The maximum absolute atomic E-state index is 14.6. The minimum Gasteiger partial charge on any atom is -0.508 e. The van der Waals surface area contributed by atoms with Gasteiger partial charge in [0.15, 0.2) is 29.4 Å². The van der Waals surface area contributed by atoms with E-state index in [1.807, 2.05) is 55.5 Å². The molecule has 3 heterocycles. The molecule has 3 aromatic rings. The zero-order valence-corrected chi connectivity index (χ0v) is 42.6. The molecule has 4 saturated carbocycles. The van der Waals surface area contributed by atoms with Crippen LogP contribution in [-0.2, 0) is 45.2 Å². The smallest absolute Gasteiger partial charge is 0.339 e. The Kier molecular flexibility index (Phi) is 14.4. The van der Waals surface area contributed by atoms with Crippen molar-refractivity contribution in [3.05, 3.63) is 119 Å². The summed E-state index contributed by atoms with van der Waals surface area (Å²) in [6.45, 7) is 5.72. The zero-order chi connectivity index (χ0) is 51.1. The predicted molar refractivity (Wildman–Crippen MR) is 274 cm³/mol. The Bertz CT molecular complexity index is 2640. The standard InChI is InChI=1S/C60H71NO12/c1-5-6-7-8-23-69-53(64)35-60(67,21-10-20-58(2,3)66)57(65)73-56-50(68-4)28-43-11-9-22-61-51(30-44-29-48-49(71-36-70-48)31-45(44)54(56)55(43)61)72-52(63)19-14-37-12-15-41(16-13-37)42-17-18-47(62)46(27-42)59-32-38-24-39(33-59)26-40(25-38)34-59/h5-8,12-19,27-29,31,38-40,43,51,54-56,62,66-67H,9-11,20-26,30,32-36H2,1-4H3/b6-5+,8-7+,19-14+/t38?,39?,40?,43?,51?,54-,55?,56+,59?,60+/m0/s1. The van der Waals surface area contributed by atoms with Gasteiger partial charge in [0.05, 0.1) is 19.1 Å². The quantitative estimate of drug-likeness (QED) is 0.0506. The van der Waals surface area contributed by atoms with Crippen LogP contribution in [0.5, 0.6) is 17.2 Å². The normalized spacial score (nSPS) is 28.8. The highest BCUT2D eigenvalue weighted by molar-refractivity contribution is 5.87. The molecule has 4 bridgehead atoms. The van der Waals surface area contributed by atoms with Crippen LogP contribution in [0.15, 0.2) is 96.8 Å². The van der Waals surface area contributed by atoms with E-state index in [2.05, 4.69) is 23.1 Å². The molecule has 0 radical (unpaired) electrons. The molecule has 0 aromatic heterocycles. The number of hydrogen-bond acceptors (Lipinski definition) is 13. The minimum atomic E-state index is -2.30. The minimum absolute atomic E-state index is 0.0313. The Morgan fingerprint density at radius 2 is 1.60 bits per heavy atom. The number of rotatable bonds is 17. The fourth-order valence-corrected chi connectivity index (χ4v) is 14.0. The number of nitrogens with zero attached hydrogens (tertiary/aromatic N) is 1. The molecule has 0 spiro atoms. The van der Waals surface area contributed by atoms with Crippen LogP contribution in [0.4, 0.5) is 0 Å². The van der Waals surface area contributed by atoms with Crippen molar-refractivity contribution in [2.75, 3.05) is 27.1 Å². The van der Waals surface area contributed by atoms with E-state index < -0.39 is 53.8 Å². The molecule has 13 heteroatoms. The molecule has 73 heavy (non-hydrogen) atoms. The average molecular weight is 998 g/mol. The summed E-state index contributed by atoms with van der Waals surface area (Å²) < 4.78 is 36.1. The molecule has 388 valence electrons. The highest BCUT2D eigenvalue weighted by atomic mass is 16.7. The van der Waals surface area contributed by atoms with E-state index in [0.717, 1.165) is 64.0 Å². The van der Waals surface area contributed by atoms with Crippen LogP contribution in [0.3, 0.4) is 0 Å². The lowest BCUT2D eigenvalue weighted by Gasteiger charge is -2.57. The molecular formula is C60H71NO12. The highest BCUT2D eigenvalue weighted by Crippen LogP contribution is 2.62. The van der Waals surface area contributed by atoms with Gasteiger partial charge in [-0.2, -0.15) is 0 Å². The first-order valence-electron chi connectivity index (χ1n) is 26.5. The summed E-state index contributed by atoms with van der Waals surface area (Å²) in [6.07, 6.45) is 19.5. The molecule has 5 fully saturated rings. The van der Waals surface area contributed by atoms with Crippen LogP contribution >= 0.6 is 0 Å². The van der Waals surface area contributed by atoms with Gasteiger partial charge in [-0.05, 0) is 191 Å². The second-order valence-electron chi connectivity index (χ2n) is 22.6. The van der Waals surface area contributed by atoms with E-state index in [1.165, 1.54) is 51.7 Å². The molecule has 1 saturated heterocycles. The third-order valence-electron chi connectivity index (χ3n) is 16.8. The fraction of sp³-hybridized carbons (Fsp3) is 0.517. The second-order valence-corrected chi connectivity index (χ2v) is 22.6. The number of allylic oxidation sites excluding steroid dienone is 3. The van der Waals surface area contributed by atoms with Gasteiger partial charge in [-0.3, -0.25) is 9.69 Å². The van der Waals surface area contributed by atoms with Crippen molar-refractivity contribution in [1.29, 1.82) is 0 Å². The molecule has 3 N–H and O–H groups in total. The number of piperidine rings is 1. The van der Waals surface area contributed by atoms with Crippen molar-refractivity contribution in [3.8, 4) is 28.4 Å². The molecular weight excluding hydrogens is 927 g/mol. The van der Waals surface area contributed by atoms with Crippen molar-refractivity contribution in [2.24, 2.45) is 23.7 Å². The monoisotopic (exact) mass is 997 g/mol. The van der Waals surface area contributed by atoms with Crippen LogP contribution < -0.4 is 9.47 Å². The Morgan fingerprint density at radius 3 is 2.30 bits per heavy atom. The number of phenolic OH excluding ortho intramolecular Hbond substituents is 1. The molecule has 13 nitrogen and oxygen atoms in total. The largest absolute Gasteiger partial charge is 0.508 e. The van der Waals surface area contributed by atoms with Crippen molar-refractivity contribution < 1.29 is 58.1 Å². The lowest BCUT2D eigenvalue weighted by Crippen LogP contribution is -2.58. The number of aromatic hydroxyl groups is 1. The van der Waals surface area contributed by atoms with Crippen LogP contribution in [0.2, 0.25) is 0 Å². The molecule has 5 aliphatic carbocycles. The van der Waals surface area contributed by atoms with E-state index in [0.29, 0.717) is 36.0 Å². The van der Waals surface area contributed by atoms with Gasteiger partial charge in [-0.15, -0.1) is 0 Å². The van der Waals surface area contributed by atoms with Crippen molar-refractivity contribution >= 4 is 24.0 Å². The Labute approximate surface area is 428 Å². The molecule has 6 atom stereocenters. The zero-order valence-electron chi connectivity index (χ0n) is 42.6. The first-order chi connectivity index (χ1) is 35.1. The van der Waals surface area contributed by atoms with E-state index in [4.69, 9.17) is 28.4 Å². The van der Waals surface area contributed by atoms with Crippen molar-refractivity contribution in [1.82, 2.24) is 4.90 Å². The van der Waals surface area contributed by atoms with Gasteiger partial charge >= 0.3 is 17.9 Å². The number of hydrogen-bond donors (Lipinski definition) is 3. The SMILES string of the molecule is C/C=C/C=C/COC(=O)C[C@](O)(CCCC(C)(C)O)C(=O)O[C@@H]1C(OC)=CC2CCCN3C(OC(=O)/C=C/c4ccc(-c5ccc(O)c(C67CC8CC(CC(C8)C6)C7)c5)cc4)Cc4cc5c(cc4[C@H]1C23)OCO5. The van der Waals surface area contributed by atoms with Gasteiger partial charge in [-0.1, -0.05) is 48.6 Å². The number of ether oxygens (including phenoxy) is 6. The molecule has 11 rings (SSSR count). The maximum atomic E-state index is 14.6. The summed E-state index contributed by atoms with van der Waals surface area (Å²) in [5.41, 5.74) is 2.36. The summed E-state index contributed by atoms with van der Waals surface area (Å²) in [5, 5.41) is 33.9. The van der Waals surface area contributed by atoms with Gasteiger partial charge < -0.3 is 43.7 Å². The van der Waals surface area contributed by atoms with Gasteiger partial charge in [0.2, 0.25) is 6.79 Å². The van der Waals surface area contributed by atoms with Gasteiger partial charge in [0.1, 0.15) is 18.1 Å². The van der Waals surface area contributed by atoms with Crippen LogP contribution in [0, 0.1) is 23.7 Å². The number of carbonyl (C=O) groups excluding carboxylic acids is 3. The number of carbonyl (C=O) groups is 3. The van der Waals surface area contributed by atoms with E-state index in [9.17, 15) is 29.7 Å². The number of phenols is 1. The van der Waals surface area contributed by atoms with Crippen molar-refractivity contribution in [3.63, 3.8) is 0 Å². The van der Waals surface area contributed by atoms with Gasteiger partial charge in [0.25, 0.3) is 0 Å². The number of fused-ring (bicyclic) bond motifs is 3. The summed E-state index contributed by atoms with van der Waals surface area (Å²) >= 11 is 0. The van der Waals surface area contributed by atoms with Crippen LogP contribution in [-0.4, -0.2) is 94.8 Å². The third kappa shape index (κ3) is 10.7. The third-order valence-corrected chi connectivity index (χ3v) is 16.8. The number of esters is 3. The lowest BCUT2D eigenvalue weighted by molar-refractivity contribution is -0.182. The summed E-state index contributed by atoms with van der Waals surface area (Å²) in [4.78, 5) is 44.1. The Balaban J connectivity index is 0.891. The number of methoxy groups -OCH3 is 1. The van der Waals surface area contributed by atoms with E-state index in [1.54, 1.807) is 38.2 Å². The lowest BCUT2D eigenvalue weighted by atomic mass is 9.48.